The summed E-state index contributed by atoms with van der Waals surface area (Å²) >= 11 is 0. The largest absolute Gasteiger partial charge is 0.534 e. The number of fused-ring (bicyclic) bond motifs is 1. The molecule has 3 aromatic rings. The molecule has 2 heterocycles. The summed E-state index contributed by atoms with van der Waals surface area (Å²) in [5.74, 6) is -0.318. The molecule has 2 aromatic carbocycles. The lowest BCUT2D eigenvalue weighted by Gasteiger charge is -2.30. The molecule has 13 heteroatoms. The molecule has 0 spiro atoms. The fraction of sp³-hybridized carbons (Fsp3) is 0.485. The van der Waals surface area contributed by atoms with Crippen LogP contribution in [0.3, 0.4) is 0 Å². The van der Waals surface area contributed by atoms with E-state index < -0.39 is 21.7 Å². The molecule has 0 radical (unpaired) electrons. The van der Waals surface area contributed by atoms with Gasteiger partial charge < -0.3 is 19.4 Å². The number of H-pyrrole nitrogens is 1. The standard InChI is InChI=1S/C33H39F3N4O5S/c1-17(2)30(38-21(6)41)32(42)40-15-7-8-26(40)31-37-16-25(39-31)23-11-9-22(10-12-23)24-13-14-27(45-46(43,44)33(34,35)36)29-20(5)18(3)19(4)28(24)29/h9-14,16-20,26,30H,7-8,15H2,1-6H3,(H,37,39)(H,38,41). The summed E-state index contributed by atoms with van der Waals surface area (Å²) in [4.78, 5) is 34.9. The summed E-state index contributed by atoms with van der Waals surface area (Å²) in [6.07, 6.45) is 3.28. The fourth-order valence-electron chi connectivity index (χ4n) is 6.73. The molecule has 2 N–H and O–H groups in total. The Morgan fingerprint density at radius 2 is 1.65 bits per heavy atom. The zero-order valence-electron chi connectivity index (χ0n) is 26.6. The highest BCUT2D eigenvalue weighted by molar-refractivity contribution is 7.88. The molecule has 1 saturated heterocycles. The van der Waals surface area contributed by atoms with E-state index in [1.165, 1.54) is 13.0 Å². The Hall–Kier alpha value is -3.87. The zero-order chi connectivity index (χ0) is 33.7. The van der Waals surface area contributed by atoms with Crippen LogP contribution in [0.15, 0.2) is 42.6 Å². The monoisotopic (exact) mass is 660 g/mol. The second-order valence-corrected chi connectivity index (χ2v) is 14.3. The topological polar surface area (TPSA) is 121 Å². The number of aromatic amines is 1. The average Bonchev–Trinajstić information content (AvgIpc) is 3.72. The summed E-state index contributed by atoms with van der Waals surface area (Å²) < 4.78 is 67.8. The Morgan fingerprint density at radius 3 is 2.26 bits per heavy atom. The first-order valence-electron chi connectivity index (χ1n) is 15.4. The van der Waals surface area contributed by atoms with Gasteiger partial charge in [0.1, 0.15) is 17.6 Å². The quantitative estimate of drug-likeness (QED) is 0.206. The number of likely N-dealkylation sites (tertiary alicyclic amines) is 1. The predicted octanol–water partition coefficient (Wildman–Crippen LogP) is 6.65. The lowest BCUT2D eigenvalue weighted by molar-refractivity contribution is -0.138. The Balaban J connectivity index is 1.41. The van der Waals surface area contributed by atoms with E-state index in [1.807, 2.05) is 58.9 Å². The Morgan fingerprint density at radius 1 is 1.02 bits per heavy atom. The van der Waals surface area contributed by atoms with Crippen LogP contribution in [-0.4, -0.2) is 53.2 Å². The molecule has 1 aliphatic heterocycles. The molecule has 1 aromatic heterocycles. The van der Waals surface area contributed by atoms with Gasteiger partial charge in [0.25, 0.3) is 0 Å². The normalized spacial score (nSPS) is 22.2. The number of rotatable bonds is 8. The van der Waals surface area contributed by atoms with Gasteiger partial charge in [-0.25, -0.2) is 4.98 Å². The van der Waals surface area contributed by atoms with Crippen LogP contribution in [-0.2, 0) is 19.7 Å². The molecule has 0 saturated carbocycles. The molecular formula is C33H39F3N4O5S. The van der Waals surface area contributed by atoms with Crippen molar-refractivity contribution in [2.24, 2.45) is 11.8 Å². The van der Waals surface area contributed by atoms with Crippen LogP contribution in [0.1, 0.15) is 89.2 Å². The van der Waals surface area contributed by atoms with E-state index in [1.54, 1.807) is 17.2 Å². The minimum atomic E-state index is -5.82. The molecule has 1 aliphatic carbocycles. The fourth-order valence-corrected chi connectivity index (χ4v) is 7.21. The van der Waals surface area contributed by atoms with Gasteiger partial charge in [0.15, 0.2) is 0 Å². The lowest BCUT2D eigenvalue weighted by Crippen LogP contribution is -2.50. The smallest absolute Gasteiger partial charge is 0.376 e. The first-order valence-corrected chi connectivity index (χ1v) is 16.8. The van der Waals surface area contributed by atoms with Crippen molar-refractivity contribution in [3.05, 3.63) is 59.5 Å². The maximum absolute atomic E-state index is 13.4. The van der Waals surface area contributed by atoms with Gasteiger partial charge in [0.05, 0.1) is 17.9 Å². The molecule has 248 valence electrons. The Bertz CT molecular complexity index is 1740. The van der Waals surface area contributed by atoms with E-state index in [-0.39, 0.29) is 47.3 Å². The predicted molar refractivity (Wildman–Crippen MR) is 167 cm³/mol. The Kier molecular flexibility index (Phi) is 9.02. The summed E-state index contributed by atoms with van der Waals surface area (Å²) in [5, 5.41) is 2.78. The molecule has 5 rings (SSSR count). The van der Waals surface area contributed by atoms with Crippen LogP contribution in [0.4, 0.5) is 13.2 Å². The number of halogens is 3. The number of aromatic nitrogens is 2. The number of hydrogen-bond acceptors (Lipinski definition) is 6. The number of nitrogens with one attached hydrogen (secondary N) is 2. The second kappa shape index (κ2) is 12.4. The van der Waals surface area contributed by atoms with Gasteiger partial charge >= 0.3 is 15.6 Å². The van der Waals surface area contributed by atoms with Gasteiger partial charge in [-0.15, -0.1) is 0 Å². The number of alkyl halides is 3. The molecule has 0 bridgehead atoms. The summed E-state index contributed by atoms with van der Waals surface area (Å²) in [6, 6.07) is 9.69. The number of hydrogen-bond donors (Lipinski definition) is 2. The van der Waals surface area contributed by atoms with Crippen molar-refractivity contribution in [1.29, 1.82) is 0 Å². The van der Waals surface area contributed by atoms with Gasteiger partial charge in [-0.05, 0) is 64.8 Å². The second-order valence-electron chi connectivity index (χ2n) is 12.7. The lowest BCUT2D eigenvalue weighted by atomic mass is 9.89. The molecule has 46 heavy (non-hydrogen) atoms. The first kappa shape index (κ1) is 33.5. The van der Waals surface area contributed by atoms with Crippen molar-refractivity contribution in [1.82, 2.24) is 20.2 Å². The van der Waals surface area contributed by atoms with Crippen molar-refractivity contribution in [3.63, 3.8) is 0 Å². The van der Waals surface area contributed by atoms with Crippen LogP contribution in [0.2, 0.25) is 0 Å². The minimum absolute atomic E-state index is 0.0471. The number of carbonyl (C=O) groups excluding carboxylic acids is 2. The van der Waals surface area contributed by atoms with E-state index in [2.05, 4.69) is 19.5 Å². The first-order chi connectivity index (χ1) is 21.5. The van der Waals surface area contributed by atoms with Crippen molar-refractivity contribution < 1.29 is 35.4 Å². The van der Waals surface area contributed by atoms with Crippen LogP contribution in [0.5, 0.6) is 5.75 Å². The molecule has 5 unspecified atom stereocenters. The maximum Gasteiger partial charge on any atom is 0.534 e. The van der Waals surface area contributed by atoms with Crippen molar-refractivity contribution in [2.75, 3.05) is 6.54 Å². The van der Waals surface area contributed by atoms with Crippen molar-refractivity contribution in [2.45, 2.75) is 83.8 Å². The van der Waals surface area contributed by atoms with E-state index in [4.69, 9.17) is 0 Å². The van der Waals surface area contributed by atoms with Gasteiger partial charge in [-0.2, -0.15) is 21.6 Å². The molecule has 2 aliphatic rings. The number of nitrogens with zero attached hydrogens (tertiary/aromatic N) is 2. The van der Waals surface area contributed by atoms with E-state index >= 15 is 0 Å². The van der Waals surface area contributed by atoms with Crippen LogP contribution < -0.4 is 9.50 Å². The van der Waals surface area contributed by atoms with Gasteiger partial charge in [0.2, 0.25) is 11.8 Å². The third-order valence-corrected chi connectivity index (χ3v) is 10.4. The van der Waals surface area contributed by atoms with E-state index in [0.717, 1.165) is 40.8 Å². The minimum Gasteiger partial charge on any atom is -0.376 e. The van der Waals surface area contributed by atoms with Gasteiger partial charge in [-0.1, -0.05) is 65.0 Å². The third kappa shape index (κ3) is 6.13. The molecule has 1 fully saturated rings. The molecule has 9 nitrogen and oxygen atoms in total. The van der Waals surface area contributed by atoms with Crippen LogP contribution >= 0.6 is 0 Å². The van der Waals surface area contributed by atoms with Crippen LogP contribution in [0.25, 0.3) is 22.4 Å². The summed E-state index contributed by atoms with van der Waals surface area (Å²) in [5.41, 5.74) is -1.06. The SMILES string of the molecule is CC(=O)NC(C(=O)N1CCCC1c1ncc(-c2ccc(-c3ccc(OS(=O)(=O)C(F)(F)F)c4c3C(C)C(C)C4C)cc2)[nH]1)C(C)C. The molecular weight excluding hydrogens is 621 g/mol. The van der Waals surface area contributed by atoms with Crippen molar-refractivity contribution in [3.8, 4) is 28.1 Å². The molecule has 2 amide bonds. The average molecular weight is 661 g/mol. The maximum atomic E-state index is 13.4. The van der Waals surface area contributed by atoms with E-state index in [9.17, 15) is 31.2 Å². The van der Waals surface area contributed by atoms with Crippen LogP contribution in [0, 0.1) is 11.8 Å². The highest BCUT2D eigenvalue weighted by atomic mass is 32.2. The number of amides is 2. The Labute approximate surface area is 267 Å². The van der Waals surface area contributed by atoms with E-state index in [0.29, 0.717) is 17.9 Å². The zero-order valence-corrected chi connectivity index (χ0v) is 27.4. The number of benzene rings is 2. The number of imidazole rings is 1. The number of carbonyl (C=O) groups is 2. The summed E-state index contributed by atoms with van der Waals surface area (Å²) in [6.45, 7) is 11.6. The molecule has 5 atom stereocenters. The van der Waals surface area contributed by atoms with Gasteiger partial charge in [-0.3, -0.25) is 9.59 Å². The highest BCUT2D eigenvalue weighted by Crippen LogP contribution is 2.53. The highest BCUT2D eigenvalue weighted by Gasteiger charge is 2.49. The van der Waals surface area contributed by atoms with Crippen molar-refractivity contribution >= 4 is 21.9 Å². The van der Waals surface area contributed by atoms with Gasteiger partial charge in [0, 0.05) is 19.0 Å². The third-order valence-electron chi connectivity index (χ3n) is 9.46. The summed E-state index contributed by atoms with van der Waals surface area (Å²) in [7, 11) is -5.82.